The highest BCUT2D eigenvalue weighted by molar-refractivity contribution is 8.00. The van der Waals surface area contributed by atoms with E-state index in [1.807, 2.05) is 13.8 Å². The highest BCUT2D eigenvalue weighted by Crippen LogP contribution is 2.18. The zero-order valence-corrected chi connectivity index (χ0v) is 36.3. The van der Waals surface area contributed by atoms with Crippen molar-refractivity contribution in [1.82, 2.24) is 53.2 Å². The molecule has 0 bridgehead atoms. The van der Waals surface area contributed by atoms with Crippen molar-refractivity contribution in [2.75, 3.05) is 26.4 Å². The van der Waals surface area contributed by atoms with Crippen LogP contribution in [-0.4, -0.2) is 144 Å². The maximum absolute atomic E-state index is 14.1. The van der Waals surface area contributed by atoms with Gasteiger partial charge in [-0.1, -0.05) is 41.5 Å². The Kier molecular flexibility index (Phi) is 22.5. The molecule has 0 aromatic rings. The van der Waals surface area contributed by atoms with Gasteiger partial charge in [0.2, 0.25) is 53.2 Å². The number of nitrogens with one attached hydrogen (secondary N) is 10. The largest absolute Gasteiger partial charge is 0.481 e. The summed E-state index contributed by atoms with van der Waals surface area (Å²) >= 11 is 1.03. The Bertz CT molecular complexity index is 1530. The van der Waals surface area contributed by atoms with Crippen LogP contribution in [0, 0.1) is 11.8 Å². The van der Waals surface area contributed by atoms with Gasteiger partial charge in [-0.2, -0.15) is 11.8 Å². The van der Waals surface area contributed by atoms with Crippen molar-refractivity contribution in [1.29, 1.82) is 0 Å². The molecule has 1 fully saturated rings. The molecule has 59 heavy (non-hydrogen) atoms. The van der Waals surface area contributed by atoms with Crippen molar-refractivity contribution in [2.45, 2.75) is 135 Å². The van der Waals surface area contributed by atoms with Gasteiger partial charge in [-0.3, -0.25) is 47.9 Å². The van der Waals surface area contributed by atoms with Gasteiger partial charge in [-0.05, 0) is 52.0 Å². The van der Waals surface area contributed by atoms with Crippen molar-refractivity contribution in [2.24, 2.45) is 11.8 Å². The summed E-state index contributed by atoms with van der Waals surface area (Å²) in [6, 6.07) is -9.14. The highest BCUT2D eigenvalue weighted by atomic mass is 32.2. The number of carboxylic acid groups (broad SMARTS) is 1. The minimum Gasteiger partial charge on any atom is -0.481 e. The van der Waals surface area contributed by atoms with Gasteiger partial charge in [0.1, 0.15) is 42.3 Å². The first kappa shape index (κ1) is 52.0. The molecule has 1 saturated heterocycles. The SMILES string of the molecule is CC[C@@H]1NC(=O)[C@H](C(C)C)NC(=O)[C@H](CC(C)C)NC(=O)[C@@H](NC(=O)CNC(=O)[C@H](C)NC(=O)[C@H](CCC(=O)O)NC)[C@H](C)SC[C@@H](C(=O)NC)NC(=O)[C@H](C)NC1=O. The number of amides is 9. The first-order valence-electron chi connectivity index (χ1n) is 19.7. The fourth-order valence-electron chi connectivity index (χ4n) is 5.74. The lowest BCUT2D eigenvalue weighted by atomic mass is 9.99. The molecule has 1 aliphatic rings. The normalized spacial score (nSPS) is 24.9. The van der Waals surface area contributed by atoms with Crippen LogP contribution in [0.4, 0.5) is 0 Å². The molecule has 9 atom stereocenters. The van der Waals surface area contributed by atoms with Gasteiger partial charge in [-0.25, -0.2) is 0 Å². The van der Waals surface area contributed by atoms with Gasteiger partial charge in [0.15, 0.2) is 0 Å². The maximum Gasteiger partial charge on any atom is 0.303 e. The summed E-state index contributed by atoms with van der Waals surface area (Å²) in [4.78, 5) is 130. The van der Waals surface area contributed by atoms with E-state index >= 15 is 0 Å². The molecule has 11 N–H and O–H groups in total. The Morgan fingerprint density at radius 2 is 1.41 bits per heavy atom. The van der Waals surface area contributed by atoms with Crippen LogP contribution in [-0.2, 0) is 47.9 Å². The standard InChI is InChI=1S/C37H64N10O11S/c1-11-22-33(54)42-20(7)31(52)45-25(32(53)39-10)16-59-21(8)29(37(58)44-24(14-17(2)3)35(56)47-28(18(4)5)36(57)43-22)46-26(48)15-40-30(51)19(6)41-34(55)23(38-9)12-13-27(49)50/h17-25,28-29,38H,11-16H2,1-10H3,(H,39,53)(H,40,51)(H,41,55)(H,42,54)(H,43,57)(H,44,58)(H,45,52)(H,46,48)(H,47,56)(H,49,50)/t19-,20-,21-,22-,23-,24-,25-,28-,29-/m0/s1. The van der Waals surface area contributed by atoms with Crippen molar-refractivity contribution >= 4 is 70.9 Å². The summed E-state index contributed by atoms with van der Waals surface area (Å²) in [6.07, 6.45) is -0.0532. The van der Waals surface area contributed by atoms with Gasteiger partial charge in [0.25, 0.3) is 0 Å². The Balaban J connectivity index is 3.49. The van der Waals surface area contributed by atoms with Crippen LogP contribution in [0.5, 0.6) is 0 Å². The van der Waals surface area contributed by atoms with E-state index in [4.69, 9.17) is 5.11 Å². The lowest BCUT2D eigenvalue weighted by Crippen LogP contribution is -2.61. The predicted octanol–water partition coefficient (Wildman–Crippen LogP) is -3.02. The molecular formula is C37H64N10O11S. The molecule has 0 aromatic heterocycles. The smallest absolute Gasteiger partial charge is 0.303 e. The number of rotatable bonds is 15. The second-order valence-electron chi connectivity index (χ2n) is 15.1. The summed E-state index contributed by atoms with van der Waals surface area (Å²) in [6.45, 7) is 12.4. The molecule has 21 nitrogen and oxygen atoms in total. The van der Waals surface area contributed by atoms with Crippen molar-refractivity contribution < 1.29 is 53.1 Å². The van der Waals surface area contributed by atoms with Crippen LogP contribution in [0.1, 0.15) is 81.1 Å². The van der Waals surface area contributed by atoms with Crippen LogP contribution >= 0.6 is 11.8 Å². The van der Waals surface area contributed by atoms with E-state index in [0.717, 1.165) is 11.8 Å². The van der Waals surface area contributed by atoms with Gasteiger partial charge in [0, 0.05) is 24.5 Å². The molecule has 1 aliphatic heterocycles. The monoisotopic (exact) mass is 856 g/mol. The van der Waals surface area contributed by atoms with Gasteiger partial charge >= 0.3 is 5.97 Å². The van der Waals surface area contributed by atoms with E-state index < -0.39 is 125 Å². The number of carbonyl (C=O) groups is 10. The van der Waals surface area contributed by atoms with E-state index in [0.29, 0.717) is 0 Å². The first-order chi connectivity index (χ1) is 27.6. The Hall–Kier alpha value is -4.99. The minimum atomic E-state index is -1.38. The molecular weight excluding hydrogens is 793 g/mol. The fraction of sp³-hybridized carbons (Fsp3) is 0.730. The van der Waals surface area contributed by atoms with E-state index in [9.17, 15) is 47.9 Å². The molecule has 0 aliphatic carbocycles. The molecule has 0 aromatic carbocycles. The lowest BCUT2D eigenvalue weighted by Gasteiger charge is -2.30. The number of hydrogen-bond acceptors (Lipinski definition) is 12. The lowest BCUT2D eigenvalue weighted by molar-refractivity contribution is -0.137. The average Bonchev–Trinajstić information content (AvgIpc) is 3.16. The summed E-state index contributed by atoms with van der Waals surface area (Å²) < 4.78 is 0. The number of likely N-dealkylation sites (N-methyl/N-ethyl adjacent to an activating group) is 2. The van der Waals surface area contributed by atoms with Gasteiger partial charge in [-0.15, -0.1) is 0 Å². The summed E-state index contributed by atoms with van der Waals surface area (Å²) in [5, 5.41) is 33.9. The number of hydrogen-bond donors (Lipinski definition) is 11. The van der Waals surface area contributed by atoms with Gasteiger partial charge in [0.05, 0.1) is 12.6 Å². The molecule has 22 heteroatoms. The number of carboxylic acids is 1. The number of aliphatic carboxylic acids is 1. The Morgan fingerprint density at radius 3 is 1.95 bits per heavy atom. The van der Waals surface area contributed by atoms with Crippen LogP contribution in [0.15, 0.2) is 0 Å². The van der Waals surface area contributed by atoms with E-state index in [1.165, 1.54) is 27.9 Å². The highest BCUT2D eigenvalue weighted by Gasteiger charge is 2.36. The summed E-state index contributed by atoms with van der Waals surface area (Å²) in [5.41, 5.74) is 0. The molecule has 1 heterocycles. The molecule has 0 saturated carbocycles. The number of thioether (sulfide) groups is 1. The second-order valence-corrected chi connectivity index (χ2v) is 16.5. The van der Waals surface area contributed by atoms with Crippen molar-refractivity contribution in [3.05, 3.63) is 0 Å². The molecule has 0 unspecified atom stereocenters. The fourth-order valence-corrected chi connectivity index (χ4v) is 6.86. The molecule has 9 amide bonds. The van der Waals surface area contributed by atoms with E-state index in [-0.39, 0.29) is 37.4 Å². The summed E-state index contributed by atoms with van der Waals surface area (Å²) in [7, 11) is 2.82. The van der Waals surface area contributed by atoms with Crippen LogP contribution < -0.4 is 53.2 Å². The summed E-state index contributed by atoms with van der Waals surface area (Å²) in [5.74, 6) is -8.17. The second kappa shape index (κ2) is 25.5. The zero-order chi connectivity index (χ0) is 45.1. The van der Waals surface area contributed by atoms with E-state index in [1.54, 1.807) is 27.7 Å². The molecule has 1 rings (SSSR count). The third kappa shape index (κ3) is 17.8. The average molecular weight is 857 g/mol. The van der Waals surface area contributed by atoms with Crippen molar-refractivity contribution in [3.8, 4) is 0 Å². The third-order valence-electron chi connectivity index (χ3n) is 9.34. The third-order valence-corrected chi connectivity index (χ3v) is 10.7. The topological polar surface area (TPSA) is 311 Å². The van der Waals surface area contributed by atoms with Gasteiger partial charge < -0.3 is 58.3 Å². The maximum atomic E-state index is 14.1. The Morgan fingerprint density at radius 1 is 0.797 bits per heavy atom. The molecule has 0 spiro atoms. The number of carbonyl (C=O) groups excluding carboxylic acids is 9. The van der Waals surface area contributed by atoms with Crippen LogP contribution in [0.3, 0.4) is 0 Å². The van der Waals surface area contributed by atoms with E-state index in [2.05, 4.69) is 53.2 Å². The molecule has 334 valence electrons. The zero-order valence-electron chi connectivity index (χ0n) is 35.5. The Labute approximate surface area is 349 Å². The first-order valence-corrected chi connectivity index (χ1v) is 20.7. The minimum absolute atomic E-state index is 0.0334. The predicted molar refractivity (Wildman–Crippen MR) is 218 cm³/mol. The van der Waals surface area contributed by atoms with Crippen LogP contribution in [0.2, 0.25) is 0 Å². The molecule has 0 radical (unpaired) electrons. The van der Waals surface area contributed by atoms with Crippen LogP contribution in [0.25, 0.3) is 0 Å². The van der Waals surface area contributed by atoms with Crippen molar-refractivity contribution in [3.63, 3.8) is 0 Å². The quantitative estimate of drug-likeness (QED) is 0.0783.